The predicted octanol–water partition coefficient (Wildman–Crippen LogP) is 1.80. The van der Waals surface area contributed by atoms with Crippen LogP contribution < -0.4 is 5.32 Å². The van der Waals surface area contributed by atoms with Crippen LogP contribution in [0.15, 0.2) is 30.3 Å². The highest BCUT2D eigenvalue weighted by Crippen LogP contribution is 2.13. The second kappa shape index (κ2) is 6.72. The van der Waals surface area contributed by atoms with Crippen molar-refractivity contribution >= 4 is 11.6 Å². The number of amides is 1. The molecule has 22 heavy (non-hydrogen) atoms. The smallest absolute Gasteiger partial charge is 0.276 e. The molecule has 1 fully saturated rings. The molecule has 1 aromatic heterocycles. The van der Waals surface area contributed by atoms with Crippen LogP contribution in [-0.4, -0.2) is 47.3 Å². The Balaban J connectivity index is 1.58. The summed E-state index contributed by atoms with van der Waals surface area (Å²) in [5.74, 6) is -0.203. The van der Waals surface area contributed by atoms with E-state index in [0.717, 1.165) is 44.2 Å². The Bertz CT molecular complexity index is 630. The van der Waals surface area contributed by atoms with E-state index >= 15 is 0 Å². The first-order valence-electron chi connectivity index (χ1n) is 7.43. The number of aromatic nitrogens is 2. The quantitative estimate of drug-likeness (QED) is 0.903. The maximum atomic E-state index is 12.0. The number of carbonyl (C=O) groups is 1. The van der Waals surface area contributed by atoms with Crippen molar-refractivity contribution in [3.63, 3.8) is 0 Å². The normalized spacial score (nSPS) is 15.7. The number of benzene rings is 1. The lowest BCUT2D eigenvalue weighted by atomic mass is 10.2. The lowest BCUT2D eigenvalue weighted by Gasteiger charge is -2.26. The minimum atomic E-state index is -0.203. The molecule has 1 aromatic carbocycles. The minimum Gasteiger partial charge on any atom is -0.379 e. The van der Waals surface area contributed by atoms with Crippen molar-refractivity contribution in [2.24, 2.45) is 0 Å². The topological polar surface area (TPSA) is 70.2 Å². The highest BCUT2D eigenvalue weighted by molar-refractivity contribution is 6.02. The summed E-state index contributed by atoms with van der Waals surface area (Å²) in [6.45, 7) is 6.32. The van der Waals surface area contributed by atoms with Crippen LogP contribution in [0.2, 0.25) is 0 Å². The van der Waals surface area contributed by atoms with E-state index in [1.165, 1.54) is 5.56 Å². The van der Waals surface area contributed by atoms with Crippen LogP contribution in [-0.2, 0) is 11.3 Å². The number of rotatable bonds is 4. The zero-order chi connectivity index (χ0) is 15.4. The number of ether oxygens (including phenoxy) is 1. The summed E-state index contributed by atoms with van der Waals surface area (Å²) in [4.78, 5) is 14.4. The minimum absolute atomic E-state index is 0.203. The van der Waals surface area contributed by atoms with Crippen molar-refractivity contribution in [1.29, 1.82) is 0 Å². The average Bonchev–Trinajstić information content (AvgIpc) is 2.97. The summed E-state index contributed by atoms with van der Waals surface area (Å²) in [5, 5.41) is 9.56. The highest BCUT2D eigenvalue weighted by Gasteiger charge is 2.12. The molecule has 1 aliphatic rings. The first kappa shape index (κ1) is 14.7. The first-order chi connectivity index (χ1) is 10.7. The third kappa shape index (κ3) is 3.72. The van der Waals surface area contributed by atoms with Gasteiger partial charge in [0, 0.05) is 31.0 Å². The summed E-state index contributed by atoms with van der Waals surface area (Å²) in [6, 6.07) is 9.66. The number of nitrogens with one attached hydrogen (secondary N) is 2. The van der Waals surface area contributed by atoms with Crippen LogP contribution in [0.3, 0.4) is 0 Å². The Morgan fingerprint density at radius 2 is 2.05 bits per heavy atom. The SMILES string of the molecule is Cc1cc(C(=O)Nc2ccc(CN3CCOCC3)cc2)n[nH]1. The van der Waals surface area contributed by atoms with Gasteiger partial charge in [0.05, 0.1) is 13.2 Å². The van der Waals surface area contributed by atoms with Crippen molar-refractivity contribution in [2.75, 3.05) is 31.6 Å². The first-order valence-corrected chi connectivity index (χ1v) is 7.43. The molecule has 6 nitrogen and oxygen atoms in total. The van der Waals surface area contributed by atoms with Crippen LogP contribution in [0.5, 0.6) is 0 Å². The molecule has 1 amide bonds. The van der Waals surface area contributed by atoms with E-state index in [1.54, 1.807) is 6.07 Å². The molecule has 116 valence electrons. The van der Waals surface area contributed by atoms with Crippen LogP contribution in [0, 0.1) is 6.92 Å². The van der Waals surface area contributed by atoms with Crippen molar-refractivity contribution < 1.29 is 9.53 Å². The summed E-state index contributed by atoms with van der Waals surface area (Å²) < 4.78 is 5.35. The van der Waals surface area contributed by atoms with Crippen LogP contribution >= 0.6 is 0 Å². The predicted molar refractivity (Wildman–Crippen MR) is 83.8 cm³/mol. The molecule has 2 N–H and O–H groups in total. The Kier molecular flexibility index (Phi) is 4.50. The number of H-pyrrole nitrogens is 1. The van der Waals surface area contributed by atoms with Gasteiger partial charge in [-0.1, -0.05) is 12.1 Å². The third-order valence-corrected chi connectivity index (χ3v) is 3.66. The number of carbonyl (C=O) groups excluding carboxylic acids is 1. The molecular formula is C16H20N4O2. The van der Waals surface area contributed by atoms with Gasteiger partial charge in [-0.2, -0.15) is 5.10 Å². The van der Waals surface area contributed by atoms with Crippen LogP contribution in [0.1, 0.15) is 21.7 Å². The molecule has 0 bridgehead atoms. The zero-order valence-corrected chi connectivity index (χ0v) is 12.6. The molecule has 0 aliphatic carbocycles. The van der Waals surface area contributed by atoms with E-state index in [2.05, 4.69) is 20.4 Å². The molecule has 2 aromatic rings. The molecule has 0 spiro atoms. The number of hydrogen-bond acceptors (Lipinski definition) is 4. The number of nitrogens with zero attached hydrogens (tertiary/aromatic N) is 2. The van der Waals surface area contributed by atoms with Gasteiger partial charge in [0.25, 0.3) is 5.91 Å². The Labute approximate surface area is 129 Å². The van der Waals surface area contributed by atoms with E-state index in [-0.39, 0.29) is 5.91 Å². The molecule has 0 saturated carbocycles. The summed E-state index contributed by atoms with van der Waals surface area (Å²) in [7, 11) is 0. The Morgan fingerprint density at radius 1 is 1.32 bits per heavy atom. The van der Waals surface area contributed by atoms with Gasteiger partial charge in [0.2, 0.25) is 0 Å². The Hall–Kier alpha value is -2.18. The fourth-order valence-corrected chi connectivity index (χ4v) is 2.44. The molecule has 1 saturated heterocycles. The third-order valence-electron chi connectivity index (χ3n) is 3.66. The zero-order valence-electron chi connectivity index (χ0n) is 12.6. The second-order valence-corrected chi connectivity index (χ2v) is 5.48. The van der Waals surface area contributed by atoms with Gasteiger partial charge < -0.3 is 10.1 Å². The van der Waals surface area contributed by atoms with E-state index in [9.17, 15) is 4.79 Å². The number of hydrogen-bond donors (Lipinski definition) is 2. The fourth-order valence-electron chi connectivity index (χ4n) is 2.44. The van der Waals surface area contributed by atoms with Crippen molar-refractivity contribution in [1.82, 2.24) is 15.1 Å². The van der Waals surface area contributed by atoms with Gasteiger partial charge in [0.15, 0.2) is 5.69 Å². The molecule has 6 heteroatoms. The van der Waals surface area contributed by atoms with Crippen molar-refractivity contribution in [2.45, 2.75) is 13.5 Å². The van der Waals surface area contributed by atoms with Crippen molar-refractivity contribution in [3.8, 4) is 0 Å². The summed E-state index contributed by atoms with van der Waals surface area (Å²) in [5.41, 5.74) is 3.27. The highest BCUT2D eigenvalue weighted by atomic mass is 16.5. The fraction of sp³-hybridized carbons (Fsp3) is 0.375. The lowest BCUT2D eigenvalue weighted by molar-refractivity contribution is 0.0342. The summed E-state index contributed by atoms with van der Waals surface area (Å²) >= 11 is 0. The van der Waals surface area contributed by atoms with E-state index in [4.69, 9.17) is 4.74 Å². The van der Waals surface area contributed by atoms with Gasteiger partial charge in [0.1, 0.15) is 0 Å². The average molecular weight is 300 g/mol. The molecule has 3 rings (SSSR count). The standard InChI is InChI=1S/C16H20N4O2/c1-12-10-15(19-18-12)16(21)17-14-4-2-13(3-5-14)11-20-6-8-22-9-7-20/h2-5,10H,6-9,11H2,1H3,(H,17,21)(H,18,19). The van der Waals surface area contributed by atoms with E-state index in [1.807, 2.05) is 31.2 Å². The van der Waals surface area contributed by atoms with Gasteiger partial charge in [-0.3, -0.25) is 14.8 Å². The number of anilines is 1. The summed E-state index contributed by atoms with van der Waals surface area (Å²) in [6.07, 6.45) is 0. The van der Waals surface area contributed by atoms with Crippen LogP contribution in [0.25, 0.3) is 0 Å². The van der Waals surface area contributed by atoms with E-state index in [0.29, 0.717) is 5.69 Å². The molecule has 0 unspecified atom stereocenters. The molecule has 0 radical (unpaired) electrons. The molecular weight excluding hydrogens is 280 g/mol. The van der Waals surface area contributed by atoms with Crippen molar-refractivity contribution in [3.05, 3.63) is 47.3 Å². The monoisotopic (exact) mass is 300 g/mol. The molecule has 2 heterocycles. The van der Waals surface area contributed by atoms with Crippen LogP contribution in [0.4, 0.5) is 5.69 Å². The second-order valence-electron chi connectivity index (χ2n) is 5.48. The Morgan fingerprint density at radius 3 is 2.68 bits per heavy atom. The van der Waals surface area contributed by atoms with Gasteiger partial charge >= 0.3 is 0 Å². The van der Waals surface area contributed by atoms with Gasteiger partial charge in [-0.25, -0.2) is 0 Å². The van der Waals surface area contributed by atoms with Gasteiger partial charge in [-0.05, 0) is 30.7 Å². The van der Waals surface area contributed by atoms with Gasteiger partial charge in [-0.15, -0.1) is 0 Å². The largest absolute Gasteiger partial charge is 0.379 e. The number of aromatic amines is 1. The molecule has 0 atom stereocenters. The maximum absolute atomic E-state index is 12.0. The van der Waals surface area contributed by atoms with E-state index < -0.39 is 0 Å². The number of morpholine rings is 1. The lowest BCUT2D eigenvalue weighted by Crippen LogP contribution is -2.35. The molecule has 1 aliphatic heterocycles. The maximum Gasteiger partial charge on any atom is 0.276 e. The number of aryl methyl sites for hydroxylation is 1.